The lowest BCUT2D eigenvalue weighted by Crippen LogP contribution is -2.21. The van der Waals surface area contributed by atoms with Gasteiger partial charge in [-0.2, -0.15) is 0 Å². The van der Waals surface area contributed by atoms with Crippen molar-refractivity contribution in [3.63, 3.8) is 0 Å². The molecule has 3 heteroatoms. The van der Waals surface area contributed by atoms with Gasteiger partial charge < -0.3 is 9.88 Å². The summed E-state index contributed by atoms with van der Waals surface area (Å²) in [5.41, 5.74) is 1.34. The Balaban J connectivity index is 1.88. The zero-order chi connectivity index (χ0) is 10.1. The fourth-order valence-electron chi connectivity index (χ4n) is 2.06. The topological polar surface area (TPSA) is 29.9 Å². The van der Waals surface area contributed by atoms with E-state index in [-0.39, 0.29) is 0 Å². The molecule has 1 aliphatic heterocycles. The van der Waals surface area contributed by atoms with Crippen molar-refractivity contribution in [3.8, 4) is 0 Å². The summed E-state index contributed by atoms with van der Waals surface area (Å²) in [6.07, 6.45) is 4.98. The Kier molecular flexibility index (Phi) is 1.95. The van der Waals surface area contributed by atoms with Crippen LogP contribution >= 0.6 is 0 Å². The summed E-state index contributed by atoms with van der Waals surface area (Å²) >= 11 is 0. The molecule has 3 rings (SSSR count). The minimum atomic E-state index is 0.404. The summed E-state index contributed by atoms with van der Waals surface area (Å²) in [6.45, 7) is 1.04. The largest absolute Gasteiger partial charge is 0.349 e. The zero-order valence-electron chi connectivity index (χ0n) is 8.43. The smallest absolute Gasteiger partial charge is 0.203 e. The molecule has 15 heavy (non-hydrogen) atoms. The van der Waals surface area contributed by atoms with Gasteiger partial charge in [-0.05, 0) is 12.0 Å². The number of aryl methyl sites for hydroxylation is 1. The third-order valence-corrected chi connectivity index (χ3v) is 2.88. The molecule has 0 bridgehead atoms. The van der Waals surface area contributed by atoms with Gasteiger partial charge in [0.2, 0.25) is 5.95 Å². The molecule has 1 N–H and O–H groups in total. The molecule has 2 aromatic rings. The summed E-state index contributed by atoms with van der Waals surface area (Å²) in [5.74, 6) is 0.982. The van der Waals surface area contributed by atoms with Gasteiger partial charge in [-0.3, -0.25) is 0 Å². The van der Waals surface area contributed by atoms with E-state index in [4.69, 9.17) is 0 Å². The Labute approximate surface area is 88.8 Å². The van der Waals surface area contributed by atoms with Gasteiger partial charge in [0, 0.05) is 18.9 Å². The number of nitrogens with zero attached hydrogens (tertiary/aromatic N) is 2. The molecule has 1 aromatic heterocycles. The number of anilines is 1. The molecule has 0 fully saturated rings. The first-order valence-electron chi connectivity index (χ1n) is 5.26. The van der Waals surface area contributed by atoms with Gasteiger partial charge in [0.05, 0.1) is 6.04 Å². The highest BCUT2D eigenvalue weighted by atomic mass is 15.2. The maximum Gasteiger partial charge on any atom is 0.203 e. The van der Waals surface area contributed by atoms with Crippen LogP contribution in [0.5, 0.6) is 0 Å². The maximum absolute atomic E-state index is 4.28. The molecule has 0 saturated carbocycles. The highest BCUT2D eigenvalue weighted by Gasteiger charge is 2.18. The van der Waals surface area contributed by atoms with Crippen molar-refractivity contribution in [2.24, 2.45) is 0 Å². The summed E-state index contributed by atoms with van der Waals surface area (Å²) in [4.78, 5) is 4.28. The van der Waals surface area contributed by atoms with Crippen LogP contribution in [-0.4, -0.2) is 9.55 Å². The van der Waals surface area contributed by atoms with Crippen molar-refractivity contribution >= 4 is 5.95 Å². The lowest BCUT2D eigenvalue weighted by Gasteiger charge is -2.25. The zero-order valence-corrected chi connectivity index (χ0v) is 8.43. The number of benzene rings is 1. The fraction of sp³-hybridized carbons (Fsp3) is 0.250. The van der Waals surface area contributed by atoms with Crippen LogP contribution < -0.4 is 5.32 Å². The molecular weight excluding hydrogens is 186 g/mol. The standard InChI is InChI=1S/C12H13N3/c1-2-4-10(5-3-1)11-6-8-15-9-7-13-12(15)14-11/h1-5,7,9,11H,6,8H2,(H,13,14). The second kappa shape index (κ2) is 3.42. The predicted molar refractivity (Wildman–Crippen MR) is 59.6 cm³/mol. The lowest BCUT2D eigenvalue weighted by atomic mass is 10.0. The number of hydrogen-bond acceptors (Lipinski definition) is 2. The van der Waals surface area contributed by atoms with E-state index in [0.29, 0.717) is 6.04 Å². The number of fused-ring (bicyclic) bond motifs is 1. The minimum Gasteiger partial charge on any atom is -0.349 e. The Morgan fingerprint density at radius 2 is 2.13 bits per heavy atom. The highest BCUT2D eigenvalue weighted by Crippen LogP contribution is 2.26. The summed E-state index contributed by atoms with van der Waals surface area (Å²) < 4.78 is 2.15. The summed E-state index contributed by atoms with van der Waals surface area (Å²) in [6, 6.07) is 10.9. The fourth-order valence-corrected chi connectivity index (χ4v) is 2.06. The van der Waals surface area contributed by atoms with Gasteiger partial charge >= 0.3 is 0 Å². The molecule has 1 aromatic carbocycles. The molecule has 0 spiro atoms. The van der Waals surface area contributed by atoms with Crippen molar-refractivity contribution in [2.75, 3.05) is 5.32 Å². The Morgan fingerprint density at radius 3 is 3.00 bits per heavy atom. The average molecular weight is 199 g/mol. The van der Waals surface area contributed by atoms with E-state index >= 15 is 0 Å². The molecule has 1 atom stereocenters. The molecule has 3 nitrogen and oxygen atoms in total. The third kappa shape index (κ3) is 1.50. The van der Waals surface area contributed by atoms with Crippen LogP contribution in [0.4, 0.5) is 5.95 Å². The first-order valence-corrected chi connectivity index (χ1v) is 5.26. The summed E-state index contributed by atoms with van der Waals surface area (Å²) in [5, 5.41) is 3.45. The van der Waals surface area contributed by atoms with E-state index in [1.54, 1.807) is 0 Å². The number of nitrogens with one attached hydrogen (secondary N) is 1. The molecule has 2 heterocycles. The Morgan fingerprint density at radius 1 is 1.27 bits per heavy atom. The van der Waals surface area contributed by atoms with Crippen molar-refractivity contribution in [3.05, 3.63) is 48.3 Å². The molecule has 0 aliphatic carbocycles. The van der Waals surface area contributed by atoms with Gasteiger partial charge in [-0.1, -0.05) is 30.3 Å². The van der Waals surface area contributed by atoms with Crippen LogP contribution in [0, 0.1) is 0 Å². The van der Waals surface area contributed by atoms with E-state index < -0.39 is 0 Å². The molecule has 0 amide bonds. The number of hydrogen-bond donors (Lipinski definition) is 1. The van der Waals surface area contributed by atoms with Crippen LogP contribution in [0.15, 0.2) is 42.7 Å². The van der Waals surface area contributed by atoms with E-state index in [1.165, 1.54) is 5.56 Å². The maximum atomic E-state index is 4.28. The van der Waals surface area contributed by atoms with Crippen molar-refractivity contribution < 1.29 is 0 Å². The van der Waals surface area contributed by atoms with E-state index in [0.717, 1.165) is 18.9 Å². The average Bonchev–Trinajstić information content (AvgIpc) is 2.77. The Hall–Kier alpha value is -1.77. The van der Waals surface area contributed by atoms with Crippen LogP contribution in [0.2, 0.25) is 0 Å². The normalized spacial score (nSPS) is 19.3. The van der Waals surface area contributed by atoms with Crippen molar-refractivity contribution in [1.82, 2.24) is 9.55 Å². The predicted octanol–water partition coefficient (Wildman–Crippen LogP) is 2.44. The molecule has 76 valence electrons. The van der Waals surface area contributed by atoms with Gasteiger partial charge in [0.15, 0.2) is 0 Å². The van der Waals surface area contributed by atoms with Crippen molar-refractivity contribution in [1.29, 1.82) is 0 Å². The highest BCUT2D eigenvalue weighted by molar-refractivity contribution is 5.35. The lowest BCUT2D eigenvalue weighted by molar-refractivity contribution is 0.542. The van der Waals surface area contributed by atoms with Gasteiger partial charge in [0.1, 0.15) is 0 Å². The first kappa shape index (κ1) is 8.53. The SMILES string of the molecule is c1ccc(C2CCn3ccnc3N2)cc1. The minimum absolute atomic E-state index is 0.404. The number of aromatic nitrogens is 2. The van der Waals surface area contributed by atoms with E-state index in [1.807, 2.05) is 18.5 Å². The van der Waals surface area contributed by atoms with Crippen LogP contribution in [0.1, 0.15) is 18.0 Å². The van der Waals surface area contributed by atoms with Gasteiger partial charge in [-0.25, -0.2) is 4.98 Å². The quantitative estimate of drug-likeness (QED) is 0.764. The first-order chi connectivity index (χ1) is 7.43. The molecule has 1 unspecified atom stereocenters. The van der Waals surface area contributed by atoms with Crippen molar-refractivity contribution in [2.45, 2.75) is 19.0 Å². The second-order valence-corrected chi connectivity index (χ2v) is 3.84. The Bertz CT molecular complexity index is 447. The third-order valence-electron chi connectivity index (χ3n) is 2.88. The molecule has 1 aliphatic rings. The second-order valence-electron chi connectivity index (χ2n) is 3.84. The van der Waals surface area contributed by atoms with E-state index in [2.05, 4.69) is 39.1 Å². The van der Waals surface area contributed by atoms with Crippen LogP contribution in [-0.2, 0) is 6.54 Å². The monoisotopic (exact) mass is 199 g/mol. The summed E-state index contributed by atoms with van der Waals surface area (Å²) in [7, 11) is 0. The van der Waals surface area contributed by atoms with Crippen LogP contribution in [0.3, 0.4) is 0 Å². The molecule has 0 radical (unpaired) electrons. The van der Waals surface area contributed by atoms with E-state index in [9.17, 15) is 0 Å². The van der Waals surface area contributed by atoms with Gasteiger partial charge in [0.25, 0.3) is 0 Å². The molecule has 0 saturated heterocycles. The van der Waals surface area contributed by atoms with Crippen LogP contribution in [0.25, 0.3) is 0 Å². The van der Waals surface area contributed by atoms with Gasteiger partial charge in [-0.15, -0.1) is 0 Å². The molecular formula is C12H13N3. The number of imidazole rings is 1. The number of rotatable bonds is 1.